The molecular weight excluding hydrogens is 726 g/mol. The molecule has 4 aromatic rings. The van der Waals surface area contributed by atoms with Crippen LogP contribution in [0.1, 0.15) is 50.8 Å². The van der Waals surface area contributed by atoms with Gasteiger partial charge >= 0.3 is 0 Å². The molecule has 7 N–H and O–H groups in total. The first-order chi connectivity index (χ1) is 25.8. The van der Waals surface area contributed by atoms with E-state index in [0.717, 1.165) is 4.90 Å². The molecule has 1 fully saturated rings. The summed E-state index contributed by atoms with van der Waals surface area (Å²) in [6.07, 6.45) is 1.43. The van der Waals surface area contributed by atoms with Crippen LogP contribution in [0.5, 0.6) is 11.6 Å². The molecule has 6 amide bonds. The van der Waals surface area contributed by atoms with Crippen LogP contribution >= 0.6 is 0 Å². The fraction of sp³-hybridized carbons (Fsp3) is 0.235. The third-order valence-corrected chi connectivity index (χ3v) is 9.61. The van der Waals surface area contributed by atoms with Crippen LogP contribution in [0.3, 0.4) is 0 Å². The number of ether oxygens (including phenoxy) is 2. The van der Waals surface area contributed by atoms with E-state index >= 15 is 0 Å². The van der Waals surface area contributed by atoms with Crippen LogP contribution in [-0.4, -0.2) is 95.5 Å². The van der Waals surface area contributed by atoms with E-state index in [4.69, 9.17) is 15.2 Å². The van der Waals surface area contributed by atoms with Gasteiger partial charge in [-0.2, -0.15) is 5.10 Å². The van der Waals surface area contributed by atoms with Gasteiger partial charge in [0.15, 0.2) is 12.4 Å². The molecule has 20 heteroatoms. The van der Waals surface area contributed by atoms with E-state index in [1.807, 2.05) is 0 Å². The molecule has 2 aromatic carbocycles. The number of benzene rings is 2. The molecule has 1 unspecified atom stereocenters. The summed E-state index contributed by atoms with van der Waals surface area (Å²) >= 11 is 0. The van der Waals surface area contributed by atoms with Gasteiger partial charge in [0.2, 0.25) is 27.7 Å². The van der Waals surface area contributed by atoms with Crippen molar-refractivity contribution in [3.8, 4) is 22.9 Å². The number of hydrogen-bond donors (Lipinski definition) is 6. The van der Waals surface area contributed by atoms with Crippen LogP contribution < -0.4 is 35.9 Å². The van der Waals surface area contributed by atoms with E-state index in [1.54, 1.807) is 30.3 Å². The molecule has 280 valence electrons. The van der Waals surface area contributed by atoms with E-state index in [2.05, 4.69) is 35.9 Å². The molecule has 0 saturated carbocycles. The summed E-state index contributed by atoms with van der Waals surface area (Å²) in [5.41, 5.74) is 7.32. The van der Waals surface area contributed by atoms with Crippen molar-refractivity contribution in [3.05, 3.63) is 77.5 Å². The maximum atomic E-state index is 13.2. The van der Waals surface area contributed by atoms with Gasteiger partial charge in [0.1, 0.15) is 24.0 Å². The van der Waals surface area contributed by atoms with Gasteiger partial charge in [0.25, 0.3) is 23.6 Å². The molecule has 0 radical (unpaired) electrons. The second-order valence-corrected chi connectivity index (χ2v) is 13.9. The van der Waals surface area contributed by atoms with Gasteiger partial charge in [0, 0.05) is 35.6 Å². The number of nitrogens with two attached hydrogens (primary N) is 1. The molecule has 2 aliphatic heterocycles. The molecule has 6 rings (SSSR count). The van der Waals surface area contributed by atoms with Crippen molar-refractivity contribution in [3.63, 3.8) is 0 Å². The van der Waals surface area contributed by atoms with Crippen molar-refractivity contribution >= 4 is 62.7 Å². The van der Waals surface area contributed by atoms with Crippen molar-refractivity contribution in [1.29, 1.82) is 0 Å². The molecule has 19 nitrogen and oxygen atoms in total. The minimum atomic E-state index is -3.47. The number of hydrogen-bond acceptors (Lipinski definition) is 13. The number of H-pyrrole nitrogens is 1. The Bertz CT molecular complexity index is 2270. The number of amides is 6. The number of anilines is 3. The summed E-state index contributed by atoms with van der Waals surface area (Å²) in [6, 6.07) is 12.6. The minimum absolute atomic E-state index is 0.000327. The molecule has 0 aliphatic carbocycles. The van der Waals surface area contributed by atoms with Crippen molar-refractivity contribution < 1.29 is 46.7 Å². The average molecular weight is 760 g/mol. The van der Waals surface area contributed by atoms with Crippen molar-refractivity contribution in [2.45, 2.75) is 25.8 Å². The van der Waals surface area contributed by atoms with Gasteiger partial charge in [-0.1, -0.05) is 18.2 Å². The molecule has 2 aliphatic rings. The SMILES string of the molecule is CCS(=O)(=O)Nc1ccc(-c2[nH]nc(Nc3ccnc(OCCNC(=O)COc4cccc5c4C(=O)N(C4CCC(=O)NC4=O)C5=O)c3)c2C(N)=O)cc1. The number of aromatic amines is 1. The topological polar surface area (TPSA) is 274 Å². The molecule has 0 spiro atoms. The Labute approximate surface area is 307 Å². The standard InChI is InChI=1S/C34H33N9O10S/c1-2-54(50,51)42-19-8-6-18(7-9-19)29-28(30(35)46)31(41-40-29)38-20-12-13-37-26(16-20)52-15-14-36-25(45)17-53-23-5-3-4-21-27(23)34(49)43(33(21)48)22-10-11-24(44)39-32(22)47/h3-9,12-13,16,22,42H,2,10-11,14-15,17H2,1H3,(H2,35,46)(H,36,45)(H,39,44,47)(H2,37,38,40,41). The molecule has 54 heavy (non-hydrogen) atoms. The monoisotopic (exact) mass is 759 g/mol. The normalized spacial score (nSPS) is 15.4. The van der Waals surface area contributed by atoms with Crippen LogP contribution in [0.25, 0.3) is 11.3 Å². The lowest BCUT2D eigenvalue weighted by molar-refractivity contribution is -0.136. The summed E-state index contributed by atoms with van der Waals surface area (Å²) in [4.78, 5) is 80.1. The number of sulfonamides is 1. The summed E-state index contributed by atoms with van der Waals surface area (Å²) in [7, 11) is -3.47. The van der Waals surface area contributed by atoms with E-state index in [0.29, 0.717) is 22.6 Å². The number of rotatable bonds is 15. The minimum Gasteiger partial charge on any atom is -0.483 e. The average Bonchev–Trinajstić information content (AvgIpc) is 3.67. The smallest absolute Gasteiger partial charge is 0.266 e. The van der Waals surface area contributed by atoms with Gasteiger partial charge < -0.3 is 25.8 Å². The Morgan fingerprint density at radius 3 is 2.52 bits per heavy atom. The van der Waals surface area contributed by atoms with Crippen LogP contribution in [0.15, 0.2) is 60.8 Å². The van der Waals surface area contributed by atoms with Crippen molar-refractivity contribution in [1.82, 2.24) is 30.7 Å². The number of fused-ring (bicyclic) bond motifs is 1. The Kier molecular flexibility index (Phi) is 10.5. The van der Waals surface area contributed by atoms with E-state index < -0.39 is 58.1 Å². The number of primary amides is 1. The predicted molar refractivity (Wildman–Crippen MR) is 190 cm³/mol. The number of imide groups is 2. The van der Waals surface area contributed by atoms with Crippen LogP contribution in [0.4, 0.5) is 17.2 Å². The van der Waals surface area contributed by atoms with Gasteiger partial charge in [-0.05, 0) is 43.7 Å². The number of carbonyl (C=O) groups is 6. The van der Waals surface area contributed by atoms with Gasteiger partial charge in [-0.15, -0.1) is 0 Å². The zero-order valence-corrected chi connectivity index (χ0v) is 29.3. The number of nitrogens with zero attached hydrogens (tertiary/aromatic N) is 3. The zero-order chi connectivity index (χ0) is 38.6. The summed E-state index contributed by atoms with van der Waals surface area (Å²) in [5.74, 6) is -3.81. The number of aromatic nitrogens is 3. The van der Waals surface area contributed by atoms with E-state index in [9.17, 15) is 37.2 Å². The third kappa shape index (κ3) is 7.97. The second kappa shape index (κ2) is 15.4. The maximum absolute atomic E-state index is 13.2. The fourth-order valence-corrected chi connectivity index (χ4v) is 6.32. The van der Waals surface area contributed by atoms with Crippen LogP contribution in [0.2, 0.25) is 0 Å². The van der Waals surface area contributed by atoms with Crippen LogP contribution in [-0.2, 0) is 24.4 Å². The summed E-state index contributed by atoms with van der Waals surface area (Å²) in [6.45, 7) is 1.07. The lowest BCUT2D eigenvalue weighted by Crippen LogP contribution is -2.54. The Balaban J connectivity index is 1.01. The lowest BCUT2D eigenvalue weighted by atomic mass is 10.0. The van der Waals surface area contributed by atoms with Crippen molar-refractivity contribution in [2.24, 2.45) is 5.73 Å². The first-order valence-corrected chi connectivity index (χ1v) is 18.1. The highest BCUT2D eigenvalue weighted by atomic mass is 32.2. The zero-order valence-electron chi connectivity index (χ0n) is 28.5. The molecule has 1 atom stereocenters. The molecule has 1 saturated heterocycles. The van der Waals surface area contributed by atoms with Crippen LogP contribution in [0, 0.1) is 0 Å². The summed E-state index contributed by atoms with van der Waals surface area (Å²) in [5, 5.41) is 14.7. The highest BCUT2D eigenvalue weighted by Gasteiger charge is 2.46. The van der Waals surface area contributed by atoms with Gasteiger partial charge in [-0.25, -0.2) is 13.4 Å². The first-order valence-electron chi connectivity index (χ1n) is 16.4. The quantitative estimate of drug-likeness (QED) is 0.0732. The van der Waals surface area contributed by atoms with Crippen molar-refractivity contribution in [2.75, 3.05) is 35.6 Å². The molecule has 2 aromatic heterocycles. The molecule has 4 heterocycles. The third-order valence-electron chi connectivity index (χ3n) is 8.30. The largest absolute Gasteiger partial charge is 0.483 e. The Hall–Kier alpha value is -6.83. The Morgan fingerprint density at radius 2 is 1.80 bits per heavy atom. The number of carbonyl (C=O) groups excluding carboxylic acids is 6. The molecular formula is C34H33N9O10S. The number of pyridine rings is 1. The number of nitrogens with one attached hydrogen (secondary N) is 5. The van der Waals surface area contributed by atoms with Gasteiger partial charge in [0.05, 0.1) is 29.1 Å². The highest BCUT2D eigenvalue weighted by molar-refractivity contribution is 7.92. The lowest BCUT2D eigenvalue weighted by Gasteiger charge is -2.27. The Morgan fingerprint density at radius 1 is 1.02 bits per heavy atom. The van der Waals surface area contributed by atoms with E-state index in [1.165, 1.54) is 37.4 Å². The predicted octanol–water partition coefficient (Wildman–Crippen LogP) is 1.05. The highest BCUT2D eigenvalue weighted by Crippen LogP contribution is 2.34. The van der Waals surface area contributed by atoms with Gasteiger partial charge in [-0.3, -0.25) is 48.8 Å². The fourth-order valence-electron chi connectivity index (χ4n) is 5.69. The molecule has 0 bridgehead atoms. The summed E-state index contributed by atoms with van der Waals surface area (Å²) < 4.78 is 37.4. The first kappa shape index (κ1) is 36.9. The van der Waals surface area contributed by atoms with E-state index in [-0.39, 0.29) is 65.9 Å². The number of piperidine rings is 1. The maximum Gasteiger partial charge on any atom is 0.266 e. The second-order valence-electron chi connectivity index (χ2n) is 11.9.